The standard InChI is InChI=1S/C14H12BrNO5/c15-9-1-2-10-8(5-9)6-11(21-10)13(17)16-3-4-20-12(7-16)14(18)19/h1-2,5-6,12H,3-4,7H2,(H,18,19). The van der Waals surface area contributed by atoms with Gasteiger partial charge in [-0.25, -0.2) is 4.79 Å². The maximum absolute atomic E-state index is 12.4. The van der Waals surface area contributed by atoms with E-state index >= 15 is 0 Å². The largest absolute Gasteiger partial charge is 0.479 e. The molecule has 1 aliphatic heterocycles. The number of ether oxygens (including phenoxy) is 1. The molecule has 0 aliphatic carbocycles. The van der Waals surface area contributed by atoms with Crippen molar-refractivity contribution < 1.29 is 23.8 Å². The fraction of sp³-hybridized carbons (Fsp3) is 0.286. The number of benzene rings is 1. The lowest BCUT2D eigenvalue weighted by atomic mass is 10.2. The predicted molar refractivity (Wildman–Crippen MR) is 77.2 cm³/mol. The van der Waals surface area contributed by atoms with Crippen LogP contribution in [0.3, 0.4) is 0 Å². The summed E-state index contributed by atoms with van der Waals surface area (Å²) in [4.78, 5) is 24.8. The number of carboxylic acid groups (broad SMARTS) is 1. The van der Waals surface area contributed by atoms with Crippen LogP contribution in [0.5, 0.6) is 0 Å². The second kappa shape index (κ2) is 5.50. The molecule has 21 heavy (non-hydrogen) atoms. The fourth-order valence-electron chi connectivity index (χ4n) is 2.26. The monoisotopic (exact) mass is 353 g/mol. The van der Waals surface area contributed by atoms with Crippen molar-refractivity contribution in [3.8, 4) is 0 Å². The van der Waals surface area contributed by atoms with E-state index in [0.717, 1.165) is 9.86 Å². The van der Waals surface area contributed by atoms with Crippen molar-refractivity contribution in [3.05, 3.63) is 34.5 Å². The molecule has 1 saturated heterocycles. The highest BCUT2D eigenvalue weighted by atomic mass is 79.9. The molecular formula is C14H12BrNO5. The Balaban J connectivity index is 1.84. The molecule has 1 atom stereocenters. The van der Waals surface area contributed by atoms with Crippen LogP contribution in [0.25, 0.3) is 11.0 Å². The van der Waals surface area contributed by atoms with Gasteiger partial charge in [0.05, 0.1) is 13.2 Å². The van der Waals surface area contributed by atoms with Gasteiger partial charge in [0, 0.05) is 16.4 Å². The number of carboxylic acids is 1. The predicted octanol–water partition coefficient (Wildman–Crippen LogP) is 2.12. The number of amides is 1. The number of carbonyl (C=O) groups is 2. The van der Waals surface area contributed by atoms with Crippen molar-refractivity contribution in [2.75, 3.05) is 19.7 Å². The summed E-state index contributed by atoms with van der Waals surface area (Å²) in [6.45, 7) is 0.576. The zero-order valence-electron chi connectivity index (χ0n) is 10.9. The Labute approximate surface area is 128 Å². The third-order valence-electron chi connectivity index (χ3n) is 3.32. The molecule has 1 amide bonds. The summed E-state index contributed by atoms with van der Waals surface area (Å²) in [5.41, 5.74) is 0.615. The van der Waals surface area contributed by atoms with Crippen LogP contribution in [-0.2, 0) is 9.53 Å². The average molecular weight is 354 g/mol. The number of hydrogen-bond acceptors (Lipinski definition) is 4. The summed E-state index contributed by atoms with van der Waals surface area (Å²) in [5.74, 6) is -1.19. The minimum absolute atomic E-state index is 0.0227. The Hall–Kier alpha value is -1.86. The molecule has 1 fully saturated rings. The van der Waals surface area contributed by atoms with E-state index in [2.05, 4.69) is 15.9 Å². The molecule has 1 aliphatic rings. The van der Waals surface area contributed by atoms with Gasteiger partial charge in [-0.1, -0.05) is 15.9 Å². The van der Waals surface area contributed by atoms with E-state index < -0.39 is 12.1 Å². The Kier molecular flexibility index (Phi) is 3.69. The molecule has 1 N–H and O–H groups in total. The van der Waals surface area contributed by atoms with Crippen LogP contribution in [0, 0.1) is 0 Å². The van der Waals surface area contributed by atoms with Gasteiger partial charge in [0.2, 0.25) is 0 Å². The Morgan fingerprint density at radius 2 is 2.14 bits per heavy atom. The summed E-state index contributed by atoms with van der Waals surface area (Å²) < 4.78 is 11.5. The van der Waals surface area contributed by atoms with Crippen LogP contribution < -0.4 is 0 Å². The first-order valence-corrected chi connectivity index (χ1v) is 7.16. The van der Waals surface area contributed by atoms with Crippen molar-refractivity contribution in [1.82, 2.24) is 4.90 Å². The van der Waals surface area contributed by atoms with Crippen LogP contribution in [-0.4, -0.2) is 47.7 Å². The van der Waals surface area contributed by atoms with Gasteiger partial charge in [0.1, 0.15) is 5.58 Å². The van der Waals surface area contributed by atoms with Crippen molar-refractivity contribution in [2.45, 2.75) is 6.10 Å². The lowest BCUT2D eigenvalue weighted by Crippen LogP contribution is -2.48. The molecule has 3 rings (SSSR count). The van der Waals surface area contributed by atoms with Crippen molar-refractivity contribution in [3.63, 3.8) is 0 Å². The minimum Gasteiger partial charge on any atom is -0.479 e. The Morgan fingerprint density at radius 1 is 1.33 bits per heavy atom. The summed E-state index contributed by atoms with van der Waals surface area (Å²) in [5, 5.41) is 9.78. The molecule has 0 bridgehead atoms. The summed E-state index contributed by atoms with van der Waals surface area (Å²) in [6.07, 6.45) is -0.985. The smallest absolute Gasteiger partial charge is 0.334 e. The maximum atomic E-state index is 12.4. The number of furan rings is 1. The molecule has 2 heterocycles. The molecule has 0 radical (unpaired) electrons. The van der Waals surface area contributed by atoms with Gasteiger partial charge < -0.3 is 19.2 Å². The highest BCUT2D eigenvalue weighted by molar-refractivity contribution is 9.10. The highest BCUT2D eigenvalue weighted by Gasteiger charge is 2.30. The first-order chi connectivity index (χ1) is 10.0. The molecule has 0 spiro atoms. The summed E-state index contributed by atoms with van der Waals surface area (Å²) >= 11 is 3.36. The van der Waals surface area contributed by atoms with E-state index in [1.807, 2.05) is 12.1 Å². The van der Waals surface area contributed by atoms with Gasteiger partial charge in [-0.15, -0.1) is 0 Å². The molecule has 6 nitrogen and oxygen atoms in total. The molecule has 2 aromatic rings. The molecule has 0 saturated carbocycles. The Bertz CT molecular complexity index is 710. The number of morpholine rings is 1. The van der Waals surface area contributed by atoms with Gasteiger partial charge >= 0.3 is 5.97 Å². The molecule has 1 aromatic heterocycles. The third-order valence-corrected chi connectivity index (χ3v) is 3.81. The van der Waals surface area contributed by atoms with Gasteiger partial charge in [-0.3, -0.25) is 4.79 Å². The van der Waals surface area contributed by atoms with E-state index in [1.54, 1.807) is 12.1 Å². The van der Waals surface area contributed by atoms with E-state index in [9.17, 15) is 9.59 Å². The normalized spacial score (nSPS) is 18.9. The zero-order valence-corrected chi connectivity index (χ0v) is 12.5. The third kappa shape index (κ3) is 2.79. The molecule has 7 heteroatoms. The topological polar surface area (TPSA) is 80.0 Å². The lowest BCUT2D eigenvalue weighted by Gasteiger charge is -2.30. The first kappa shape index (κ1) is 14.1. The van der Waals surface area contributed by atoms with Crippen LogP contribution in [0.15, 0.2) is 33.2 Å². The number of carbonyl (C=O) groups excluding carboxylic acids is 1. The van der Waals surface area contributed by atoms with E-state index in [0.29, 0.717) is 12.1 Å². The van der Waals surface area contributed by atoms with E-state index in [-0.39, 0.29) is 24.8 Å². The number of nitrogens with zero attached hydrogens (tertiary/aromatic N) is 1. The van der Waals surface area contributed by atoms with E-state index in [4.69, 9.17) is 14.3 Å². The van der Waals surface area contributed by atoms with Crippen LogP contribution in [0.4, 0.5) is 0 Å². The van der Waals surface area contributed by atoms with Crippen LogP contribution in [0.1, 0.15) is 10.6 Å². The second-order valence-electron chi connectivity index (χ2n) is 4.74. The highest BCUT2D eigenvalue weighted by Crippen LogP contribution is 2.24. The first-order valence-electron chi connectivity index (χ1n) is 6.37. The van der Waals surface area contributed by atoms with E-state index in [1.165, 1.54) is 4.90 Å². The molecule has 1 unspecified atom stereocenters. The molecular weight excluding hydrogens is 342 g/mol. The number of halogens is 1. The second-order valence-corrected chi connectivity index (χ2v) is 5.66. The maximum Gasteiger partial charge on any atom is 0.334 e. The Morgan fingerprint density at radius 3 is 2.90 bits per heavy atom. The van der Waals surface area contributed by atoms with Gasteiger partial charge in [0.15, 0.2) is 11.9 Å². The van der Waals surface area contributed by atoms with Crippen molar-refractivity contribution >= 4 is 38.8 Å². The quantitative estimate of drug-likeness (QED) is 0.894. The van der Waals surface area contributed by atoms with Crippen LogP contribution >= 0.6 is 15.9 Å². The average Bonchev–Trinajstić information content (AvgIpc) is 2.89. The zero-order chi connectivity index (χ0) is 15.0. The summed E-state index contributed by atoms with van der Waals surface area (Å²) in [7, 11) is 0. The van der Waals surface area contributed by atoms with Gasteiger partial charge in [0.25, 0.3) is 5.91 Å². The number of fused-ring (bicyclic) bond motifs is 1. The molecule has 1 aromatic carbocycles. The number of aliphatic carboxylic acids is 1. The fourth-order valence-corrected chi connectivity index (χ4v) is 2.64. The van der Waals surface area contributed by atoms with Crippen molar-refractivity contribution in [1.29, 1.82) is 0 Å². The minimum atomic E-state index is -1.07. The number of rotatable bonds is 2. The van der Waals surface area contributed by atoms with Gasteiger partial charge in [-0.05, 0) is 24.3 Å². The van der Waals surface area contributed by atoms with Crippen molar-refractivity contribution in [2.24, 2.45) is 0 Å². The lowest BCUT2D eigenvalue weighted by molar-refractivity contribution is -0.154. The van der Waals surface area contributed by atoms with Gasteiger partial charge in [-0.2, -0.15) is 0 Å². The van der Waals surface area contributed by atoms with Crippen LogP contribution in [0.2, 0.25) is 0 Å². The molecule has 110 valence electrons. The SMILES string of the molecule is O=C(O)C1CN(C(=O)c2cc3cc(Br)ccc3o2)CCO1. The number of hydrogen-bond donors (Lipinski definition) is 1. The summed E-state index contributed by atoms with van der Waals surface area (Å²) in [6, 6.07) is 7.12.